The average Bonchev–Trinajstić information content (AvgIpc) is 3.38. The monoisotopic (exact) mass is 506 g/mol. The number of aliphatic hydroxyl groups is 1. The number of aromatic carboxylic acids is 1. The summed E-state index contributed by atoms with van der Waals surface area (Å²) in [6.45, 7) is 4.49. The molecule has 0 aliphatic heterocycles. The fraction of sp³-hybridized carbons (Fsp3) is 0.667. The zero-order valence-corrected chi connectivity index (χ0v) is 19.9. The molecule has 0 unspecified atom stereocenters. The van der Waals surface area contributed by atoms with Gasteiger partial charge in [-0.05, 0) is 89.2 Å². The summed E-state index contributed by atoms with van der Waals surface area (Å²) in [6, 6.07) is 2.07. The van der Waals surface area contributed by atoms with Crippen molar-refractivity contribution in [3.05, 3.63) is 42.1 Å². The summed E-state index contributed by atoms with van der Waals surface area (Å²) in [4.78, 5) is 10.0. The van der Waals surface area contributed by atoms with Crippen molar-refractivity contribution >= 4 is 5.97 Å². The number of rotatable bonds is 2. The van der Waals surface area contributed by atoms with Gasteiger partial charge in [0.1, 0.15) is 12.0 Å². The van der Waals surface area contributed by atoms with Crippen LogP contribution in [0.3, 0.4) is 0 Å². The second-order valence-corrected chi connectivity index (χ2v) is 10.8. The lowest BCUT2D eigenvalue weighted by atomic mass is 9.54. The van der Waals surface area contributed by atoms with Crippen LogP contribution >= 0.6 is 0 Å². The molecule has 0 amide bonds. The van der Waals surface area contributed by atoms with Gasteiger partial charge in [-0.2, -0.15) is 27.1 Å². The van der Waals surface area contributed by atoms with E-state index < -0.39 is 29.3 Å². The van der Waals surface area contributed by atoms with Crippen LogP contribution in [-0.2, 0) is 11.5 Å². The van der Waals surface area contributed by atoms with Crippen LogP contribution in [0.2, 0.25) is 0 Å². The van der Waals surface area contributed by atoms with E-state index >= 15 is 0 Å². The van der Waals surface area contributed by atoms with Crippen molar-refractivity contribution in [1.29, 1.82) is 0 Å². The Bertz CT molecular complexity index is 957. The summed E-state index contributed by atoms with van der Waals surface area (Å²) in [7, 11) is 0. The summed E-state index contributed by atoms with van der Waals surface area (Å²) in [5, 5.41) is 21.8. The van der Waals surface area contributed by atoms with E-state index in [9.17, 15) is 31.9 Å². The maximum atomic E-state index is 13.1. The third-order valence-electron chi connectivity index (χ3n) is 6.73. The van der Waals surface area contributed by atoms with Gasteiger partial charge in [0.15, 0.2) is 0 Å². The van der Waals surface area contributed by atoms with Gasteiger partial charge in [-0.25, -0.2) is 4.79 Å². The number of furan rings is 1. The number of nitrogens with zero attached hydrogens (tertiary/aromatic N) is 2. The minimum Gasteiger partial charge on any atom is -0.478 e. The van der Waals surface area contributed by atoms with E-state index in [0.29, 0.717) is 10.7 Å². The molecule has 0 radical (unpaired) electrons. The molecule has 0 saturated heterocycles. The highest BCUT2D eigenvalue weighted by molar-refractivity contribution is 5.86. The normalized spacial score (nSPS) is 27.5. The first-order valence-corrected chi connectivity index (χ1v) is 11.5. The molecule has 6 nitrogen and oxygen atoms in total. The smallest absolute Gasteiger partial charge is 0.459 e. The van der Waals surface area contributed by atoms with Gasteiger partial charge in [-0.3, -0.25) is 4.68 Å². The second-order valence-electron chi connectivity index (χ2n) is 10.8. The van der Waals surface area contributed by atoms with E-state index in [4.69, 9.17) is 5.11 Å². The Morgan fingerprint density at radius 2 is 1.54 bits per heavy atom. The molecule has 4 bridgehead atoms. The van der Waals surface area contributed by atoms with Crippen LogP contribution in [0.5, 0.6) is 0 Å². The number of carboxylic acids is 1. The Labute approximate surface area is 200 Å². The summed E-state index contributed by atoms with van der Waals surface area (Å²) in [5.74, 6) is -3.17. The molecular weight excluding hydrogens is 475 g/mol. The standard InChI is InChI=1S/C10H16O.C9H11F5N2.C5H4O3/c11-10-4-7-1-8(5-10)3-9(2-7)6-10;1-7(2,3)16-6(4-5-15-16)8(10,11)9(12,13)14;6-5(7)4-1-2-8-3-4/h7-9,11H,1-6H2;4-5H,1-3H3;1-3H,(H,6,7). The summed E-state index contributed by atoms with van der Waals surface area (Å²) in [6.07, 6.45) is 5.48. The van der Waals surface area contributed by atoms with Crippen LogP contribution in [0, 0.1) is 17.8 Å². The molecule has 2 N–H and O–H groups in total. The van der Waals surface area contributed by atoms with E-state index in [1.54, 1.807) is 0 Å². The van der Waals surface area contributed by atoms with Gasteiger partial charge in [-0.1, -0.05) is 0 Å². The van der Waals surface area contributed by atoms with E-state index in [1.807, 2.05) is 0 Å². The van der Waals surface area contributed by atoms with Crippen LogP contribution in [-0.4, -0.2) is 37.7 Å². The van der Waals surface area contributed by atoms with Crippen molar-refractivity contribution in [2.45, 2.75) is 82.5 Å². The minimum atomic E-state index is -5.62. The van der Waals surface area contributed by atoms with Gasteiger partial charge >= 0.3 is 18.1 Å². The highest BCUT2D eigenvalue weighted by atomic mass is 19.4. The van der Waals surface area contributed by atoms with Gasteiger partial charge < -0.3 is 14.6 Å². The second kappa shape index (κ2) is 9.55. The van der Waals surface area contributed by atoms with Crippen molar-refractivity contribution in [3.63, 3.8) is 0 Å². The van der Waals surface area contributed by atoms with Crippen LogP contribution in [0.4, 0.5) is 22.0 Å². The number of carbonyl (C=O) groups is 1. The number of carboxylic acid groups (broad SMARTS) is 1. The van der Waals surface area contributed by atoms with Crippen molar-refractivity contribution < 1.29 is 41.4 Å². The van der Waals surface area contributed by atoms with Gasteiger partial charge in [0, 0.05) is 6.20 Å². The van der Waals surface area contributed by atoms with Crippen molar-refractivity contribution in [3.8, 4) is 0 Å². The number of halogens is 5. The van der Waals surface area contributed by atoms with Crippen LogP contribution < -0.4 is 0 Å². The first kappa shape index (κ1) is 27.2. The molecule has 0 spiro atoms. The number of hydrogen-bond donors (Lipinski definition) is 2. The Morgan fingerprint density at radius 3 is 1.86 bits per heavy atom. The Hall–Kier alpha value is -2.43. The zero-order chi connectivity index (χ0) is 26.2. The molecule has 6 rings (SSSR count). The van der Waals surface area contributed by atoms with Gasteiger partial charge in [0.2, 0.25) is 0 Å². The molecule has 0 atom stereocenters. The lowest BCUT2D eigenvalue weighted by Gasteiger charge is -2.54. The quantitative estimate of drug-likeness (QED) is 0.473. The highest BCUT2D eigenvalue weighted by Crippen LogP contribution is 2.55. The van der Waals surface area contributed by atoms with Crippen LogP contribution in [0.15, 0.2) is 35.3 Å². The van der Waals surface area contributed by atoms with E-state index in [2.05, 4.69) is 9.52 Å². The molecule has 2 heterocycles. The Morgan fingerprint density at radius 1 is 1.03 bits per heavy atom. The van der Waals surface area contributed by atoms with Gasteiger partial charge in [0.05, 0.1) is 23.0 Å². The van der Waals surface area contributed by atoms with E-state index in [0.717, 1.165) is 43.2 Å². The lowest BCUT2D eigenvalue weighted by Crippen LogP contribution is -2.50. The molecule has 196 valence electrons. The maximum absolute atomic E-state index is 13.1. The zero-order valence-electron chi connectivity index (χ0n) is 19.9. The topological polar surface area (TPSA) is 88.5 Å². The van der Waals surface area contributed by atoms with Crippen molar-refractivity contribution in [2.75, 3.05) is 0 Å². The van der Waals surface area contributed by atoms with E-state index in [-0.39, 0.29) is 11.2 Å². The third kappa shape index (κ3) is 6.23. The molecule has 2 aromatic rings. The average molecular weight is 507 g/mol. The predicted molar refractivity (Wildman–Crippen MR) is 116 cm³/mol. The number of aromatic nitrogens is 2. The summed E-state index contributed by atoms with van der Waals surface area (Å²) < 4.78 is 67.9. The van der Waals surface area contributed by atoms with Crippen LogP contribution in [0.25, 0.3) is 0 Å². The fourth-order valence-corrected chi connectivity index (χ4v) is 5.67. The van der Waals surface area contributed by atoms with Crippen molar-refractivity contribution in [2.24, 2.45) is 17.8 Å². The van der Waals surface area contributed by atoms with Crippen molar-refractivity contribution in [1.82, 2.24) is 9.78 Å². The molecule has 0 aromatic carbocycles. The van der Waals surface area contributed by atoms with Crippen LogP contribution in [0.1, 0.15) is 75.3 Å². The SMILES string of the molecule is CC(C)(C)n1nccc1C(F)(F)C(F)(F)F.O=C(O)c1ccoc1.OC12CC3CC(CC(C3)C1)C2. The lowest BCUT2D eigenvalue weighted by molar-refractivity contribution is -0.292. The molecule has 4 aliphatic carbocycles. The molecule has 2 aromatic heterocycles. The largest absolute Gasteiger partial charge is 0.478 e. The molecule has 4 saturated carbocycles. The molecule has 4 fully saturated rings. The Balaban J connectivity index is 0.000000155. The predicted octanol–water partition coefficient (Wildman–Crippen LogP) is 6.22. The van der Waals surface area contributed by atoms with Gasteiger partial charge in [-0.15, -0.1) is 0 Å². The number of hydrogen-bond acceptors (Lipinski definition) is 4. The molecule has 35 heavy (non-hydrogen) atoms. The first-order valence-electron chi connectivity index (χ1n) is 11.5. The highest BCUT2D eigenvalue weighted by Gasteiger charge is 2.61. The van der Waals surface area contributed by atoms with E-state index in [1.165, 1.54) is 58.6 Å². The molecule has 11 heteroatoms. The van der Waals surface area contributed by atoms with Gasteiger partial charge in [0.25, 0.3) is 0 Å². The molecular formula is C24H31F5N2O4. The minimum absolute atomic E-state index is 0.185. The first-order chi connectivity index (χ1) is 16.0. The maximum Gasteiger partial charge on any atom is 0.459 e. The Kier molecular flexibility index (Phi) is 7.41. The third-order valence-corrected chi connectivity index (χ3v) is 6.73. The summed E-state index contributed by atoms with van der Waals surface area (Å²) >= 11 is 0. The molecule has 4 aliphatic rings. The number of alkyl halides is 5. The fourth-order valence-electron chi connectivity index (χ4n) is 5.67. The summed E-state index contributed by atoms with van der Waals surface area (Å²) in [5.41, 5.74) is -2.10.